The molecule has 0 atom stereocenters. The standard InChI is InChI=1S/C13H12N2O4S2/c1-21(18,19)9-6-7-12(10(14)8-9)20-13-5-3-2-4-11(13)15(16)17/h2-8H,14H2,1H3. The number of nitrogens with zero attached hydrogens (tertiary/aromatic N) is 1. The maximum absolute atomic E-state index is 11.4. The number of benzene rings is 2. The summed E-state index contributed by atoms with van der Waals surface area (Å²) in [6.07, 6.45) is 1.09. The van der Waals surface area contributed by atoms with E-state index in [4.69, 9.17) is 5.73 Å². The van der Waals surface area contributed by atoms with E-state index in [1.807, 2.05) is 0 Å². The Morgan fingerprint density at radius 3 is 2.38 bits per heavy atom. The third kappa shape index (κ3) is 3.53. The van der Waals surface area contributed by atoms with Crippen molar-refractivity contribution in [3.05, 3.63) is 52.6 Å². The first-order chi connectivity index (χ1) is 9.79. The fourth-order valence-corrected chi connectivity index (χ4v) is 3.26. The summed E-state index contributed by atoms with van der Waals surface area (Å²) in [5.74, 6) is 0. The summed E-state index contributed by atoms with van der Waals surface area (Å²) in [5, 5.41) is 11.0. The topological polar surface area (TPSA) is 103 Å². The number of nitrogens with two attached hydrogens (primary N) is 1. The molecule has 110 valence electrons. The molecule has 2 rings (SSSR count). The molecule has 0 aromatic heterocycles. The van der Waals surface area contributed by atoms with Crippen molar-refractivity contribution in [2.75, 3.05) is 12.0 Å². The van der Waals surface area contributed by atoms with E-state index in [0.29, 0.717) is 9.79 Å². The highest BCUT2D eigenvalue weighted by molar-refractivity contribution is 7.99. The molecule has 6 nitrogen and oxygen atoms in total. The van der Waals surface area contributed by atoms with Crippen LogP contribution in [0.3, 0.4) is 0 Å². The minimum absolute atomic E-state index is 0.0194. The van der Waals surface area contributed by atoms with E-state index in [0.717, 1.165) is 18.0 Å². The van der Waals surface area contributed by atoms with E-state index in [9.17, 15) is 18.5 Å². The number of nitro benzene ring substituents is 1. The molecule has 0 saturated heterocycles. The van der Waals surface area contributed by atoms with E-state index in [1.165, 1.54) is 18.2 Å². The van der Waals surface area contributed by atoms with Crippen LogP contribution < -0.4 is 5.73 Å². The summed E-state index contributed by atoms with van der Waals surface area (Å²) < 4.78 is 22.9. The molecular formula is C13H12N2O4S2. The van der Waals surface area contributed by atoms with Crippen LogP contribution in [0.25, 0.3) is 0 Å². The number of para-hydroxylation sites is 1. The first kappa shape index (κ1) is 15.3. The maximum Gasteiger partial charge on any atom is 0.283 e. The van der Waals surface area contributed by atoms with Gasteiger partial charge in [-0.05, 0) is 24.3 Å². The predicted molar refractivity (Wildman–Crippen MR) is 81.2 cm³/mol. The van der Waals surface area contributed by atoms with Gasteiger partial charge in [0.2, 0.25) is 0 Å². The first-order valence-electron chi connectivity index (χ1n) is 5.80. The van der Waals surface area contributed by atoms with Gasteiger partial charge in [0, 0.05) is 22.9 Å². The molecule has 0 heterocycles. The SMILES string of the molecule is CS(=O)(=O)c1ccc(Sc2ccccc2[N+](=O)[O-])c(N)c1. The molecule has 8 heteroatoms. The van der Waals surface area contributed by atoms with Gasteiger partial charge in [-0.1, -0.05) is 23.9 Å². The lowest BCUT2D eigenvalue weighted by Gasteiger charge is -2.07. The van der Waals surface area contributed by atoms with Crippen molar-refractivity contribution in [3.8, 4) is 0 Å². The third-order valence-electron chi connectivity index (χ3n) is 2.69. The molecule has 0 aliphatic heterocycles. The molecule has 0 fully saturated rings. The average molecular weight is 324 g/mol. The number of anilines is 1. The molecule has 0 radical (unpaired) electrons. The number of hydrogen-bond donors (Lipinski definition) is 1. The minimum atomic E-state index is -3.33. The molecule has 0 aliphatic rings. The van der Waals surface area contributed by atoms with Crippen LogP contribution in [0.4, 0.5) is 11.4 Å². The molecular weight excluding hydrogens is 312 g/mol. The highest BCUT2D eigenvalue weighted by Gasteiger charge is 2.16. The first-order valence-corrected chi connectivity index (χ1v) is 8.50. The van der Waals surface area contributed by atoms with E-state index in [2.05, 4.69) is 0 Å². The number of sulfone groups is 1. The summed E-state index contributed by atoms with van der Waals surface area (Å²) >= 11 is 1.13. The fraction of sp³-hybridized carbons (Fsp3) is 0.0769. The molecule has 2 aromatic carbocycles. The van der Waals surface area contributed by atoms with E-state index < -0.39 is 14.8 Å². The highest BCUT2D eigenvalue weighted by Crippen LogP contribution is 2.37. The Morgan fingerprint density at radius 1 is 1.14 bits per heavy atom. The van der Waals surface area contributed by atoms with E-state index >= 15 is 0 Å². The summed E-state index contributed by atoms with van der Waals surface area (Å²) in [5.41, 5.74) is 6.08. The highest BCUT2D eigenvalue weighted by atomic mass is 32.2. The molecule has 0 unspecified atom stereocenters. The summed E-state index contributed by atoms with van der Waals surface area (Å²) in [6, 6.07) is 10.6. The maximum atomic E-state index is 11.4. The minimum Gasteiger partial charge on any atom is -0.398 e. The van der Waals surface area contributed by atoms with Crippen molar-refractivity contribution in [2.24, 2.45) is 0 Å². The van der Waals surface area contributed by atoms with Crippen molar-refractivity contribution in [1.82, 2.24) is 0 Å². The normalized spacial score (nSPS) is 11.3. The second kappa shape index (κ2) is 5.74. The van der Waals surface area contributed by atoms with E-state index in [1.54, 1.807) is 24.3 Å². The molecule has 21 heavy (non-hydrogen) atoms. The van der Waals surface area contributed by atoms with Crippen LogP contribution in [0.1, 0.15) is 0 Å². The van der Waals surface area contributed by atoms with Crippen LogP contribution >= 0.6 is 11.8 Å². The second-order valence-corrected chi connectivity index (χ2v) is 7.40. The van der Waals surface area contributed by atoms with Crippen molar-refractivity contribution >= 4 is 33.0 Å². The van der Waals surface area contributed by atoms with E-state index in [-0.39, 0.29) is 16.3 Å². The van der Waals surface area contributed by atoms with Crippen molar-refractivity contribution in [3.63, 3.8) is 0 Å². The van der Waals surface area contributed by atoms with Crippen LogP contribution in [-0.2, 0) is 9.84 Å². The zero-order valence-corrected chi connectivity index (χ0v) is 12.6. The zero-order chi connectivity index (χ0) is 15.6. The van der Waals surface area contributed by atoms with Gasteiger partial charge < -0.3 is 5.73 Å². The van der Waals surface area contributed by atoms with Gasteiger partial charge in [-0.25, -0.2) is 8.42 Å². The van der Waals surface area contributed by atoms with Gasteiger partial charge in [0.1, 0.15) is 0 Å². The van der Waals surface area contributed by atoms with Gasteiger partial charge >= 0.3 is 0 Å². The number of rotatable bonds is 4. The monoisotopic (exact) mass is 324 g/mol. The molecule has 2 N–H and O–H groups in total. The number of nitro groups is 1. The van der Waals surface area contributed by atoms with Crippen LogP contribution in [0.2, 0.25) is 0 Å². The van der Waals surface area contributed by atoms with Crippen molar-refractivity contribution in [1.29, 1.82) is 0 Å². The lowest BCUT2D eigenvalue weighted by atomic mass is 10.3. The Kier molecular flexibility index (Phi) is 4.19. The quantitative estimate of drug-likeness (QED) is 0.527. The second-order valence-electron chi connectivity index (χ2n) is 4.30. The largest absolute Gasteiger partial charge is 0.398 e. The Labute approximate surface area is 126 Å². The predicted octanol–water partition coefficient (Wildman–Crippen LogP) is 2.73. The lowest BCUT2D eigenvalue weighted by Crippen LogP contribution is -1.99. The van der Waals surface area contributed by atoms with Crippen LogP contribution in [0.5, 0.6) is 0 Å². The van der Waals surface area contributed by atoms with Gasteiger partial charge in [-0.2, -0.15) is 0 Å². The molecule has 0 aliphatic carbocycles. The van der Waals surface area contributed by atoms with Crippen molar-refractivity contribution < 1.29 is 13.3 Å². The van der Waals surface area contributed by atoms with Crippen molar-refractivity contribution in [2.45, 2.75) is 14.7 Å². The van der Waals surface area contributed by atoms with Crippen LogP contribution in [-0.4, -0.2) is 19.6 Å². The number of hydrogen-bond acceptors (Lipinski definition) is 6. The number of nitrogen functional groups attached to an aromatic ring is 1. The molecule has 0 spiro atoms. The zero-order valence-electron chi connectivity index (χ0n) is 11.0. The van der Waals surface area contributed by atoms with Gasteiger partial charge in [-0.3, -0.25) is 10.1 Å². The summed E-state index contributed by atoms with van der Waals surface area (Å²) in [7, 11) is -3.33. The van der Waals surface area contributed by atoms with Gasteiger partial charge in [0.25, 0.3) is 5.69 Å². The van der Waals surface area contributed by atoms with Gasteiger partial charge in [0.15, 0.2) is 9.84 Å². The van der Waals surface area contributed by atoms with Gasteiger partial charge in [-0.15, -0.1) is 0 Å². The molecule has 2 aromatic rings. The van der Waals surface area contributed by atoms with Gasteiger partial charge in [0.05, 0.1) is 14.7 Å². The van der Waals surface area contributed by atoms with Crippen LogP contribution in [0.15, 0.2) is 57.2 Å². The van der Waals surface area contributed by atoms with Crippen LogP contribution in [0, 0.1) is 10.1 Å². The Hall–Kier alpha value is -2.06. The Morgan fingerprint density at radius 2 is 1.81 bits per heavy atom. The smallest absolute Gasteiger partial charge is 0.283 e. The third-order valence-corrected chi connectivity index (χ3v) is 4.96. The lowest BCUT2D eigenvalue weighted by molar-refractivity contribution is -0.387. The molecule has 0 bridgehead atoms. The summed E-state index contributed by atoms with van der Waals surface area (Å²) in [4.78, 5) is 11.6. The Bertz CT molecular complexity index is 804. The molecule has 0 saturated carbocycles. The summed E-state index contributed by atoms with van der Waals surface area (Å²) in [6.45, 7) is 0. The molecule has 0 amide bonds. The Balaban J connectivity index is 2.40. The average Bonchev–Trinajstić information content (AvgIpc) is 2.40. The fourth-order valence-electron chi connectivity index (χ4n) is 1.66.